The number of aromatic nitrogens is 5. The Kier molecular flexibility index (Phi) is 4.25. The van der Waals surface area contributed by atoms with Crippen molar-refractivity contribution < 1.29 is 4.52 Å². The zero-order valence-electron chi connectivity index (χ0n) is 15.0. The van der Waals surface area contributed by atoms with Crippen LogP contribution in [0.1, 0.15) is 35.9 Å². The van der Waals surface area contributed by atoms with Crippen molar-refractivity contribution >= 4 is 5.82 Å². The molecular formula is C19H21N7O. The third kappa shape index (κ3) is 3.16. The lowest BCUT2D eigenvalue weighted by Gasteiger charge is -2.34. The van der Waals surface area contributed by atoms with E-state index in [2.05, 4.69) is 35.3 Å². The van der Waals surface area contributed by atoms with Gasteiger partial charge in [-0.15, -0.1) is 0 Å². The summed E-state index contributed by atoms with van der Waals surface area (Å²) in [5.74, 6) is 2.58. The Morgan fingerprint density at radius 2 is 2.26 bits per heavy atom. The second-order valence-electron chi connectivity index (χ2n) is 7.03. The number of piperidine rings is 1. The molecular weight excluding hydrogens is 342 g/mol. The van der Waals surface area contributed by atoms with E-state index in [9.17, 15) is 0 Å². The summed E-state index contributed by atoms with van der Waals surface area (Å²) in [5.41, 5.74) is 3.26. The fourth-order valence-corrected chi connectivity index (χ4v) is 3.92. The summed E-state index contributed by atoms with van der Waals surface area (Å²) < 4.78 is 5.60. The van der Waals surface area contributed by atoms with Crippen LogP contribution in [0.15, 0.2) is 35.4 Å². The number of pyridine rings is 1. The lowest BCUT2D eigenvalue weighted by molar-refractivity contribution is 0.333. The van der Waals surface area contributed by atoms with E-state index < -0.39 is 0 Å². The second kappa shape index (κ2) is 7.03. The van der Waals surface area contributed by atoms with Crippen LogP contribution in [-0.4, -0.2) is 44.7 Å². The summed E-state index contributed by atoms with van der Waals surface area (Å²) in [6.07, 6.45) is 8.26. The van der Waals surface area contributed by atoms with E-state index in [-0.39, 0.29) is 5.92 Å². The van der Waals surface area contributed by atoms with Gasteiger partial charge in [0.05, 0.1) is 11.6 Å². The van der Waals surface area contributed by atoms with Gasteiger partial charge in [-0.05, 0) is 37.9 Å². The largest absolute Gasteiger partial charge is 0.355 e. The average Bonchev–Trinajstić information content (AvgIpc) is 3.24. The molecule has 1 saturated heterocycles. The predicted octanol–water partition coefficient (Wildman–Crippen LogP) is 1.95. The molecule has 0 unspecified atom stereocenters. The summed E-state index contributed by atoms with van der Waals surface area (Å²) in [7, 11) is 0. The highest BCUT2D eigenvalue weighted by Gasteiger charge is 2.29. The van der Waals surface area contributed by atoms with Crippen LogP contribution in [0.5, 0.6) is 0 Å². The maximum atomic E-state index is 5.60. The number of hydrogen-bond donors (Lipinski definition) is 1. The summed E-state index contributed by atoms with van der Waals surface area (Å²) in [6.45, 7) is 3.63. The Hall–Kier alpha value is -2.87. The van der Waals surface area contributed by atoms with E-state index in [1.807, 2.05) is 12.1 Å². The van der Waals surface area contributed by atoms with E-state index in [4.69, 9.17) is 4.52 Å². The van der Waals surface area contributed by atoms with Crippen LogP contribution in [0.4, 0.5) is 5.82 Å². The smallest absolute Gasteiger partial charge is 0.231 e. The Balaban J connectivity index is 1.38. The number of nitrogens with zero attached hydrogens (tertiary/aromatic N) is 6. The Morgan fingerprint density at radius 1 is 1.26 bits per heavy atom. The molecule has 2 aliphatic heterocycles. The standard InChI is InChI=1S/C19H21N7O/c1-3-13(9-20-6-1)17-24-19(27-25-17)14-4-2-8-26(11-14)18-15-5-7-21-10-16(15)22-12-23-18/h1,3,6,9,12,14,21H,2,4-5,7-8,10-11H2/t14-/m1/s1. The molecule has 0 spiro atoms. The molecule has 3 aromatic heterocycles. The first-order chi connectivity index (χ1) is 13.4. The normalized spacial score (nSPS) is 19.7. The van der Waals surface area contributed by atoms with Crippen molar-refractivity contribution in [3.05, 3.63) is 48.0 Å². The van der Waals surface area contributed by atoms with Gasteiger partial charge in [-0.3, -0.25) is 4.98 Å². The molecule has 0 radical (unpaired) electrons. The molecule has 1 atom stereocenters. The Bertz CT molecular complexity index is 927. The van der Waals surface area contributed by atoms with Gasteiger partial charge in [-0.25, -0.2) is 9.97 Å². The molecule has 138 valence electrons. The molecule has 1 N–H and O–H groups in total. The quantitative estimate of drug-likeness (QED) is 0.755. The minimum Gasteiger partial charge on any atom is -0.355 e. The third-order valence-electron chi connectivity index (χ3n) is 5.29. The van der Waals surface area contributed by atoms with E-state index in [1.54, 1.807) is 18.7 Å². The lowest BCUT2D eigenvalue weighted by atomic mass is 9.97. The summed E-state index contributed by atoms with van der Waals surface area (Å²) >= 11 is 0. The number of rotatable bonds is 3. The number of anilines is 1. The zero-order chi connectivity index (χ0) is 18.1. The molecule has 8 nitrogen and oxygen atoms in total. The molecule has 0 bridgehead atoms. The maximum Gasteiger partial charge on any atom is 0.231 e. The molecule has 0 amide bonds. The van der Waals surface area contributed by atoms with Crippen LogP contribution >= 0.6 is 0 Å². The van der Waals surface area contributed by atoms with Crippen LogP contribution in [0.2, 0.25) is 0 Å². The van der Waals surface area contributed by atoms with Crippen molar-refractivity contribution in [3.8, 4) is 11.4 Å². The van der Waals surface area contributed by atoms with Gasteiger partial charge in [0, 0.05) is 43.2 Å². The molecule has 2 aliphatic rings. The maximum absolute atomic E-state index is 5.60. The molecule has 1 fully saturated rings. The van der Waals surface area contributed by atoms with Crippen LogP contribution in [-0.2, 0) is 13.0 Å². The van der Waals surface area contributed by atoms with Gasteiger partial charge < -0.3 is 14.7 Å². The van der Waals surface area contributed by atoms with Crippen molar-refractivity contribution in [2.24, 2.45) is 0 Å². The van der Waals surface area contributed by atoms with Crippen molar-refractivity contribution in [3.63, 3.8) is 0 Å². The topological polar surface area (TPSA) is 92.9 Å². The van der Waals surface area contributed by atoms with Gasteiger partial charge in [0.15, 0.2) is 0 Å². The van der Waals surface area contributed by atoms with Crippen LogP contribution in [0.25, 0.3) is 11.4 Å². The molecule has 0 aliphatic carbocycles. The number of nitrogens with one attached hydrogen (secondary N) is 1. The van der Waals surface area contributed by atoms with Gasteiger partial charge in [-0.1, -0.05) is 5.16 Å². The van der Waals surface area contributed by atoms with Gasteiger partial charge in [0.2, 0.25) is 11.7 Å². The SMILES string of the molecule is c1cncc(-c2noc([C@@H]3CCCN(c4ncnc5c4CCNC5)C3)n2)c1. The average molecular weight is 363 g/mol. The van der Waals surface area contributed by atoms with Crippen molar-refractivity contribution in [2.45, 2.75) is 31.7 Å². The highest BCUT2D eigenvalue weighted by molar-refractivity contribution is 5.52. The van der Waals surface area contributed by atoms with E-state index in [0.717, 1.165) is 62.5 Å². The first-order valence-electron chi connectivity index (χ1n) is 9.41. The van der Waals surface area contributed by atoms with Crippen molar-refractivity contribution in [1.29, 1.82) is 0 Å². The zero-order valence-corrected chi connectivity index (χ0v) is 15.0. The first-order valence-corrected chi connectivity index (χ1v) is 9.41. The van der Waals surface area contributed by atoms with Gasteiger partial charge in [-0.2, -0.15) is 4.98 Å². The molecule has 8 heteroatoms. The van der Waals surface area contributed by atoms with E-state index in [1.165, 1.54) is 5.56 Å². The van der Waals surface area contributed by atoms with Gasteiger partial charge in [0.1, 0.15) is 12.1 Å². The van der Waals surface area contributed by atoms with Gasteiger partial charge in [0.25, 0.3) is 0 Å². The molecule has 5 rings (SSSR count). The monoisotopic (exact) mass is 363 g/mol. The third-order valence-corrected chi connectivity index (χ3v) is 5.29. The number of fused-ring (bicyclic) bond motifs is 1. The van der Waals surface area contributed by atoms with E-state index >= 15 is 0 Å². The minimum absolute atomic E-state index is 0.212. The fourth-order valence-electron chi connectivity index (χ4n) is 3.92. The summed E-state index contributed by atoms with van der Waals surface area (Å²) in [6, 6.07) is 3.82. The Morgan fingerprint density at radius 3 is 3.19 bits per heavy atom. The summed E-state index contributed by atoms with van der Waals surface area (Å²) in [5, 5.41) is 7.53. The highest BCUT2D eigenvalue weighted by Crippen LogP contribution is 2.32. The highest BCUT2D eigenvalue weighted by atomic mass is 16.5. The summed E-state index contributed by atoms with van der Waals surface area (Å²) in [4.78, 5) is 20.2. The Labute approximate surface area is 157 Å². The molecule has 0 saturated carbocycles. The molecule has 0 aromatic carbocycles. The predicted molar refractivity (Wildman–Crippen MR) is 99.2 cm³/mol. The minimum atomic E-state index is 0.212. The number of hydrogen-bond acceptors (Lipinski definition) is 8. The molecule has 3 aromatic rings. The lowest BCUT2D eigenvalue weighted by Crippen LogP contribution is -2.37. The van der Waals surface area contributed by atoms with Gasteiger partial charge >= 0.3 is 0 Å². The van der Waals surface area contributed by atoms with Crippen LogP contribution in [0.3, 0.4) is 0 Å². The van der Waals surface area contributed by atoms with E-state index in [0.29, 0.717) is 11.7 Å². The second-order valence-corrected chi connectivity index (χ2v) is 7.03. The fraction of sp³-hybridized carbons (Fsp3) is 0.421. The molecule has 5 heterocycles. The van der Waals surface area contributed by atoms with Crippen LogP contribution < -0.4 is 10.2 Å². The molecule has 27 heavy (non-hydrogen) atoms. The van der Waals surface area contributed by atoms with Crippen molar-refractivity contribution in [2.75, 3.05) is 24.5 Å². The first kappa shape index (κ1) is 16.3. The van der Waals surface area contributed by atoms with Crippen LogP contribution in [0, 0.1) is 0 Å². The van der Waals surface area contributed by atoms with Crippen molar-refractivity contribution in [1.82, 2.24) is 30.4 Å².